The highest BCUT2D eigenvalue weighted by Crippen LogP contribution is 2.13. The lowest BCUT2D eigenvalue weighted by atomic mass is 10.2. The second-order valence-corrected chi connectivity index (χ2v) is 3.68. The van der Waals surface area contributed by atoms with Crippen LogP contribution in [0.3, 0.4) is 0 Å². The van der Waals surface area contributed by atoms with Crippen LogP contribution in [0.5, 0.6) is 0 Å². The molecule has 1 aromatic rings. The number of nitrogens with one attached hydrogen (secondary N) is 1. The van der Waals surface area contributed by atoms with Crippen LogP contribution in [-0.2, 0) is 13.5 Å². The van der Waals surface area contributed by atoms with E-state index in [1.165, 1.54) is 11.5 Å². The fourth-order valence-electron chi connectivity index (χ4n) is 1.48. The summed E-state index contributed by atoms with van der Waals surface area (Å²) in [7, 11) is 4.06. The molecule has 0 fully saturated rings. The smallest absolute Gasteiger partial charge is 0.111 e. The summed E-state index contributed by atoms with van der Waals surface area (Å²) in [5.41, 5.74) is 1.30. The molecule has 0 unspecified atom stereocenters. The van der Waals surface area contributed by atoms with Crippen LogP contribution in [0, 0.1) is 0 Å². The van der Waals surface area contributed by atoms with Gasteiger partial charge in [0, 0.05) is 37.8 Å². The van der Waals surface area contributed by atoms with E-state index < -0.39 is 0 Å². The van der Waals surface area contributed by atoms with E-state index in [9.17, 15) is 0 Å². The summed E-state index contributed by atoms with van der Waals surface area (Å²) in [6.45, 7) is 5.35. The first-order valence-electron chi connectivity index (χ1n) is 4.82. The Labute approximate surface area is 80.2 Å². The molecule has 0 radical (unpaired) electrons. The third-order valence-corrected chi connectivity index (χ3v) is 2.27. The molecular formula is C10H19N3. The summed E-state index contributed by atoms with van der Waals surface area (Å²) < 4.78 is 2.20. The molecule has 0 aliphatic carbocycles. The minimum Gasteiger partial charge on any atom is -0.335 e. The molecule has 0 spiro atoms. The highest BCUT2D eigenvalue weighted by Gasteiger charge is 2.08. The quantitative estimate of drug-likeness (QED) is 0.759. The molecule has 3 nitrogen and oxygen atoms in total. The lowest BCUT2D eigenvalue weighted by Crippen LogP contribution is -2.13. The third kappa shape index (κ3) is 2.31. The number of aromatic nitrogens is 2. The van der Waals surface area contributed by atoms with Gasteiger partial charge in [0.2, 0.25) is 0 Å². The van der Waals surface area contributed by atoms with E-state index in [2.05, 4.69) is 35.8 Å². The van der Waals surface area contributed by atoms with Crippen LogP contribution >= 0.6 is 0 Å². The highest BCUT2D eigenvalue weighted by atomic mass is 15.1. The Hall–Kier alpha value is -0.830. The van der Waals surface area contributed by atoms with Crippen molar-refractivity contribution in [3.05, 3.63) is 17.7 Å². The normalized spacial score (nSPS) is 11.2. The summed E-state index contributed by atoms with van der Waals surface area (Å²) in [4.78, 5) is 4.40. The van der Waals surface area contributed by atoms with Gasteiger partial charge in [-0.25, -0.2) is 4.98 Å². The van der Waals surface area contributed by atoms with Gasteiger partial charge in [0.1, 0.15) is 5.82 Å². The molecular weight excluding hydrogens is 162 g/mol. The highest BCUT2D eigenvalue weighted by molar-refractivity contribution is 5.07. The van der Waals surface area contributed by atoms with Crippen LogP contribution in [0.4, 0.5) is 0 Å². The van der Waals surface area contributed by atoms with E-state index in [1.54, 1.807) is 0 Å². The SMILES string of the molecule is CNCCc1cnc(C(C)C)n1C. The van der Waals surface area contributed by atoms with Gasteiger partial charge in [0.25, 0.3) is 0 Å². The number of nitrogens with zero attached hydrogens (tertiary/aromatic N) is 2. The van der Waals surface area contributed by atoms with Crippen LogP contribution in [-0.4, -0.2) is 23.1 Å². The summed E-state index contributed by atoms with van der Waals surface area (Å²) in [5, 5.41) is 3.14. The summed E-state index contributed by atoms with van der Waals surface area (Å²) in [6, 6.07) is 0. The molecule has 1 rings (SSSR count). The Morgan fingerprint density at radius 3 is 2.69 bits per heavy atom. The zero-order valence-corrected chi connectivity index (χ0v) is 8.96. The van der Waals surface area contributed by atoms with Gasteiger partial charge in [-0.1, -0.05) is 13.8 Å². The fourth-order valence-corrected chi connectivity index (χ4v) is 1.48. The predicted octanol–water partition coefficient (Wildman–Crippen LogP) is 1.31. The van der Waals surface area contributed by atoms with E-state index in [-0.39, 0.29) is 0 Å². The van der Waals surface area contributed by atoms with Crippen molar-refractivity contribution in [1.29, 1.82) is 0 Å². The average molecular weight is 181 g/mol. The molecule has 1 aromatic heterocycles. The van der Waals surface area contributed by atoms with Crippen molar-refractivity contribution in [3.63, 3.8) is 0 Å². The molecule has 3 heteroatoms. The van der Waals surface area contributed by atoms with Crippen molar-refractivity contribution < 1.29 is 0 Å². The Bertz CT molecular complexity index is 263. The van der Waals surface area contributed by atoms with Crippen molar-refractivity contribution in [3.8, 4) is 0 Å². The zero-order chi connectivity index (χ0) is 9.84. The number of hydrogen-bond donors (Lipinski definition) is 1. The standard InChI is InChI=1S/C10H19N3/c1-8(2)10-12-7-9(13(10)4)5-6-11-3/h7-8,11H,5-6H2,1-4H3. The molecule has 0 bridgehead atoms. The predicted molar refractivity (Wildman–Crippen MR) is 54.9 cm³/mol. The van der Waals surface area contributed by atoms with E-state index >= 15 is 0 Å². The van der Waals surface area contributed by atoms with Gasteiger partial charge in [-0.15, -0.1) is 0 Å². The lowest BCUT2D eigenvalue weighted by Gasteiger charge is -2.07. The topological polar surface area (TPSA) is 29.9 Å². The Morgan fingerprint density at radius 1 is 1.54 bits per heavy atom. The zero-order valence-electron chi connectivity index (χ0n) is 8.96. The molecule has 0 aliphatic rings. The molecule has 0 amide bonds. The molecule has 0 saturated heterocycles. The van der Waals surface area contributed by atoms with Crippen LogP contribution in [0.25, 0.3) is 0 Å². The first-order valence-corrected chi connectivity index (χ1v) is 4.82. The summed E-state index contributed by atoms with van der Waals surface area (Å²) >= 11 is 0. The van der Waals surface area contributed by atoms with E-state index in [0.29, 0.717) is 5.92 Å². The van der Waals surface area contributed by atoms with Crippen LogP contribution in [0.1, 0.15) is 31.3 Å². The van der Waals surface area contributed by atoms with Crippen LogP contribution in [0.2, 0.25) is 0 Å². The van der Waals surface area contributed by atoms with Gasteiger partial charge in [0.15, 0.2) is 0 Å². The van der Waals surface area contributed by atoms with Gasteiger partial charge >= 0.3 is 0 Å². The minimum absolute atomic E-state index is 0.508. The van der Waals surface area contributed by atoms with Gasteiger partial charge in [-0.3, -0.25) is 0 Å². The maximum atomic E-state index is 4.40. The van der Waals surface area contributed by atoms with Crippen molar-refractivity contribution in [2.45, 2.75) is 26.2 Å². The minimum atomic E-state index is 0.508. The molecule has 1 N–H and O–H groups in total. The monoisotopic (exact) mass is 181 g/mol. The van der Waals surface area contributed by atoms with Gasteiger partial charge in [0.05, 0.1) is 0 Å². The van der Waals surface area contributed by atoms with Crippen LogP contribution < -0.4 is 5.32 Å². The van der Waals surface area contributed by atoms with E-state index in [0.717, 1.165) is 13.0 Å². The largest absolute Gasteiger partial charge is 0.335 e. The molecule has 0 saturated carbocycles. The second kappa shape index (κ2) is 4.42. The summed E-state index contributed by atoms with van der Waals surface area (Å²) in [6.07, 6.45) is 3.03. The van der Waals surface area contributed by atoms with Gasteiger partial charge in [-0.05, 0) is 7.05 Å². The Balaban J connectivity index is 2.74. The molecule has 74 valence electrons. The molecule has 0 aromatic carbocycles. The van der Waals surface area contributed by atoms with Crippen molar-refractivity contribution >= 4 is 0 Å². The maximum absolute atomic E-state index is 4.40. The van der Waals surface area contributed by atoms with E-state index in [1.807, 2.05) is 13.2 Å². The van der Waals surface area contributed by atoms with Gasteiger partial charge in [-0.2, -0.15) is 0 Å². The van der Waals surface area contributed by atoms with E-state index in [4.69, 9.17) is 0 Å². The Morgan fingerprint density at radius 2 is 2.23 bits per heavy atom. The first-order chi connectivity index (χ1) is 6.16. The molecule has 0 atom stereocenters. The van der Waals surface area contributed by atoms with Crippen molar-refractivity contribution in [1.82, 2.24) is 14.9 Å². The lowest BCUT2D eigenvalue weighted by molar-refractivity contribution is 0.673. The number of likely N-dealkylation sites (N-methyl/N-ethyl adjacent to an activating group) is 1. The molecule has 0 aliphatic heterocycles. The number of rotatable bonds is 4. The van der Waals surface area contributed by atoms with Gasteiger partial charge < -0.3 is 9.88 Å². The maximum Gasteiger partial charge on any atom is 0.111 e. The van der Waals surface area contributed by atoms with Crippen LogP contribution in [0.15, 0.2) is 6.20 Å². The average Bonchev–Trinajstić information content (AvgIpc) is 2.43. The Kier molecular flexibility index (Phi) is 3.48. The summed E-state index contributed by atoms with van der Waals surface area (Å²) in [5.74, 6) is 1.68. The fraction of sp³-hybridized carbons (Fsp3) is 0.700. The third-order valence-electron chi connectivity index (χ3n) is 2.27. The molecule has 1 heterocycles. The molecule has 13 heavy (non-hydrogen) atoms. The van der Waals surface area contributed by atoms with Crippen molar-refractivity contribution in [2.24, 2.45) is 7.05 Å². The second-order valence-electron chi connectivity index (χ2n) is 3.68. The first kappa shape index (κ1) is 10.3. The number of hydrogen-bond acceptors (Lipinski definition) is 2. The number of imidazole rings is 1. The van der Waals surface area contributed by atoms with Crippen molar-refractivity contribution in [2.75, 3.05) is 13.6 Å².